The summed E-state index contributed by atoms with van der Waals surface area (Å²) >= 11 is 5.80. The quantitative estimate of drug-likeness (QED) is 0.564. The van der Waals surface area contributed by atoms with E-state index in [1.54, 1.807) is 31.4 Å². The van der Waals surface area contributed by atoms with Crippen molar-refractivity contribution in [1.29, 1.82) is 0 Å². The topological polar surface area (TPSA) is 21.3 Å². The Bertz CT molecular complexity index is 792. The van der Waals surface area contributed by atoms with Crippen molar-refractivity contribution in [2.24, 2.45) is 5.92 Å². The van der Waals surface area contributed by atoms with Crippen molar-refractivity contribution in [3.63, 3.8) is 0 Å². The maximum atomic E-state index is 13.5. The molecule has 1 fully saturated rings. The van der Waals surface area contributed by atoms with Crippen LogP contribution in [0.3, 0.4) is 0 Å². The van der Waals surface area contributed by atoms with Gasteiger partial charge in [-0.1, -0.05) is 29.8 Å². The minimum Gasteiger partial charge on any atom is -0.497 e. The molecule has 0 atom stereocenters. The molecule has 0 aliphatic heterocycles. The molecule has 1 N–H and O–H groups in total. The lowest BCUT2D eigenvalue weighted by molar-refractivity contribution is -0.0908. The van der Waals surface area contributed by atoms with Crippen molar-refractivity contribution in [2.45, 2.75) is 37.8 Å². The first kappa shape index (κ1) is 20.6. The summed E-state index contributed by atoms with van der Waals surface area (Å²) in [5, 5.41) is 3.00. The van der Waals surface area contributed by atoms with Gasteiger partial charge >= 0.3 is 6.18 Å². The van der Waals surface area contributed by atoms with Gasteiger partial charge in [-0.25, -0.2) is 0 Å². The lowest BCUT2D eigenvalue weighted by atomic mass is 9.78. The van der Waals surface area contributed by atoms with Gasteiger partial charge in [0.15, 0.2) is 0 Å². The maximum absolute atomic E-state index is 13.5. The third-order valence-corrected chi connectivity index (χ3v) is 5.44. The van der Waals surface area contributed by atoms with E-state index in [2.05, 4.69) is 5.32 Å². The molecule has 0 aromatic heterocycles. The number of halogens is 4. The van der Waals surface area contributed by atoms with E-state index in [1.807, 2.05) is 24.3 Å². The highest BCUT2D eigenvalue weighted by Crippen LogP contribution is 2.38. The van der Waals surface area contributed by atoms with Crippen molar-refractivity contribution in [3.8, 4) is 5.75 Å². The van der Waals surface area contributed by atoms with Gasteiger partial charge in [0.2, 0.25) is 0 Å². The largest absolute Gasteiger partial charge is 0.497 e. The lowest BCUT2D eigenvalue weighted by Crippen LogP contribution is -2.21. The normalized spacial score (nSPS) is 20.7. The van der Waals surface area contributed by atoms with Crippen molar-refractivity contribution >= 4 is 17.3 Å². The second kappa shape index (κ2) is 8.91. The Labute approximate surface area is 168 Å². The Morgan fingerprint density at radius 1 is 1.00 bits per heavy atom. The summed E-state index contributed by atoms with van der Waals surface area (Å²) in [5.74, 6) is 1.10. The van der Waals surface area contributed by atoms with E-state index >= 15 is 0 Å². The zero-order valence-electron chi connectivity index (χ0n) is 15.6. The molecule has 1 aliphatic carbocycles. The Morgan fingerprint density at radius 2 is 1.61 bits per heavy atom. The molecule has 1 saturated carbocycles. The molecule has 0 bridgehead atoms. The molecule has 0 saturated heterocycles. The van der Waals surface area contributed by atoms with Crippen LogP contribution in [-0.4, -0.2) is 13.3 Å². The smallest absolute Gasteiger partial charge is 0.430 e. The minimum absolute atomic E-state index is 0.0917. The molecule has 0 radical (unpaired) electrons. The summed E-state index contributed by atoms with van der Waals surface area (Å²) in [7, 11) is 1.63. The average molecular weight is 410 g/mol. The summed E-state index contributed by atoms with van der Waals surface area (Å²) < 4.78 is 45.6. The standard InChI is InChI=1S/C22H23ClF3NO/c1-28-20-12-6-17(7-13-20)16-4-2-15(3-5-16)14-21(22(24,25)26)27-19-10-8-18(23)9-11-19/h6-16,27H,2-5H2,1H3/b21-14-. The molecule has 0 amide bonds. The number of anilines is 1. The first-order chi connectivity index (χ1) is 13.3. The number of rotatable bonds is 5. The molecule has 150 valence electrons. The van der Waals surface area contributed by atoms with Crippen LogP contribution < -0.4 is 10.1 Å². The number of benzene rings is 2. The van der Waals surface area contributed by atoms with Gasteiger partial charge in [-0.05, 0) is 79.5 Å². The van der Waals surface area contributed by atoms with E-state index in [-0.39, 0.29) is 5.92 Å². The summed E-state index contributed by atoms with van der Waals surface area (Å²) in [6.45, 7) is 0. The molecule has 0 spiro atoms. The second-order valence-corrected chi connectivity index (χ2v) is 7.53. The van der Waals surface area contributed by atoms with Gasteiger partial charge in [0.25, 0.3) is 0 Å². The number of hydrogen-bond acceptors (Lipinski definition) is 2. The third kappa shape index (κ3) is 5.44. The molecule has 3 rings (SSSR count). The van der Waals surface area contributed by atoms with Gasteiger partial charge in [-0.3, -0.25) is 0 Å². The van der Waals surface area contributed by atoms with Crippen LogP contribution in [0.2, 0.25) is 5.02 Å². The van der Waals surface area contributed by atoms with Crippen LogP contribution in [0.5, 0.6) is 5.75 Å². The maximum Gasteiger partial charge on any atom is 0.430 e. The molecular weight excluding hydrogens is 387 g/mol. The monoisotopic (exact) mass is 409 g/mol. The lowest BCUT2D eigenvalue weighted by Gasteiger charge is -2.28. The van der Waals surface area contributed by atoms with E-state index in [0.717, 1.165) is 31.4 Å². The van der Waals surface area contributed by atoms with Gasteiger partial charge in [0.05, 0.1) is 7.11 Å². The van der Waals surface area contributed by atoms with Crippen molar-refractivity contribution in [3.05, 3.63) is 70.9 Å². The van der Waals surface area contributed by atoms with Crippen LogP contribution in [0.25, 0.3) is 0 Å². The summed E-state index contributed by atoms with van der Waals surface area (Å²) in [5.41, 5.74) is 0.890. The Morgan fingerprint density at radius 3 is 2.14 bits per heavy atom. The molecule has 1 aliphatic rings. The molecule has 2 aromatic rings. The van der Waals surface area contributed by atoms with Crippen LogP contribution in [0.15, 0.2) is 60.3 Å². The van der Waals surface area contributed by atoms with Crippen molar-refractivity contribution in [2.75, 3.05) is 12.4 Å². The van der Waals surface area contributed by atoms with E-state index < -0.39 is 11.9 Å². The summed E-state index contributed by atoms with van der Waals surface area (Å²) in [6, 6.07) is 14.2. The highest BCUT2D eigenvalue weighted by Gasteiger charge is 2.35. The molecule has 2 aromatic carbocycles. The fourth-order valence-corrected chi connectivity index (χ4v) is 3.75. The van der Waals surface area contributed by atoms with E-state index in [4.69, 9.17) is 16.3 Å². The van der Waals surface area contributed by atoms with Crippen LogP contribution in [0, 0.1) is 5.92 Å². The minimum atomic E-state index is -4.42. The first-order valence-electron chi connectivity index (χ1n) is 9.30. The van der Waals surface area contributed by atoms with Gasteiger partial charge in [0.1, 0.15) is 11.4 Å². The highest BCUT2D eigenvalue weighted by molar-refractivity contribution is 6.30. The first-order valence-corrected chi connectivity index (χ1v) is 9.68. The van der Waals surface area contributed by atoms with Crippen LogP contribution in [-0.2, 0) is 0 Å². The van der Waals surface area contributed by atoms with Crippen LogP contribution in [0.1, 0.15) is 37.2 Å². The fourth-order valence-electron chi connectivity index (χ4n) is 3.63. The van der Waals surface area contributed by atoms with Gasteiger partial charge in [0, 0.05) is 10.7 Å². The fraction of sp³-hybridized carbons (Fsp3) is 0.364. The highest BCUT2D eigenvalue weighted by atomic mass is 35.5. The van der Waals surface area contributed by atoms with E-state index in [0.29, 0.717) is 16.6 Å². The zero-order chi connectivity index (χ0) is 20.1. The van der Waals surface area contributed by atoms with E-state index in [1.165, 1.54) is 11.6 Å². The molecule has 28 heavy (non-hydrogen) atoms. The van der Waals surface area contributed by atoms with Gasteiger partial charge < -0.3 is 10.1 Å². The summed E-state index contributed by atoms with van der Waals surface area (Å²) in [4.78, 5) is 0. The molecule has 2 nitrogen and oxygen atoms in total. The predicted molar refractivity (Wildman–Crippen MR) is 107 cm³/mol. The molecule has 0 unspecified atom stereocenters. The number of ether oxygens (including phenoxy) is 1. The number of alkyl halides is 3. The van der Waals surface area contributed by atoms with Crippen molar-refractivity contribution in [1.82, 2.24) is 0 Å². The van der Waals surface area contributed by atoms with Crippen LogP contribution in [0.4, 0.5) is 18.9 Å². The molecular formula is C22H23ClF3NO. The molecule has 0 heterocycles. The summed E-state index contributed by atoms with van der Waals surface area (Å²) in [6.07, 6.45) is 0.140. The van der Waals surface area contributed by atoms with Gasteiger partial charge in [-0.2, -0.15) is 13.2 Å². The predicted octanol–water partition coefficient (Wildman–Crippen LogP) is 7.18. The van der Waals surface area contributed by atoms with E-state index in [9.17, 15) is 13.2 Å². The average Bonchev–Trinajstić information content (AvgIpc) is 2.69. The Kier molecular flexibility index (Phi) is 6.55. The SMILES string of the molecule is COc1ccc(C2CCC(/C=C(\Nc3ccc(Cl)cc3)C(F)(F)F)CC2)cc1. The molecule has 6 heteroatoms. The van der Waals surface area contributed by atoms with Gasteiger partial charge in [-0.15, -0.1) is 0 Å². The number of hydrogen-bond donors (Lipinski definition) is 1. The third-order valence-electron chi connectivity index (χ3n) is 5.19. The zero-order valence-corrected chi connectivity index (χ0v) is 16.4. The Balaban J connectivity index is 1.66. The number of nitrogens with one attached hydrogen (secondary N) is 1. The second-order valence-electron chi connectivity index (χ2n) is 7.09. The number of allylic oxidation sites excluding steroid dienone is 2. The van der Waals surface area contributed by atoms with Crippen molar-refractivity contribution < 1.29 is 17.9 Å². The Hall–Kier alpha value is -2.14. The van der Waals surface area contributed by atoms with Crippen LogP contribution >= 0.6 is 11.6 Å². The number of methoxy groups -OCH3 is 1.